The molecule has 3 heterocycles. The SMILES string of the molecule is NC1CCS(=O)(=O)C2(C1)CC(CNc1nccc3cccnc13)C2. The predicted octanol–water partition coefficient (Wildman–Crippen LogP) is 1.73. The summed E-state index contributed by atoms with van der Waals surface area (Å²) < 4.78 is 24.3. The Labute approximate surface area is 141 Å². The van der Waals surface area contributed by atoms with Crippen LogP contribution in [0.25, 0.3) is 10.9 Å². The van der Waals surface area contributed by atoms with Crippen molar-refractivity contribution in [1.29, 1.82) is 0 Å². The van der Waals surface area contributed by atoms with Crippen molar-refractivity contribution in [3.05, 3.63) is 30.6 Å². The first-order valence-corrected chi connectivity index (χ1v) is 10.1. The molecule has 2 aromatic rings. The molecular weight excluding hydrogens is 324 g/mol. The van der Waals surface area contributed by atoms with Crippen LogP contribution in [0.5, 0.6) is 0 Å². The first kappa shape index (κ1) is 15.8. The van der Waals surface area contributed by atoms with Gasteiger partial charge in [-0.15, -0.1) is 0 Å². The van der Waals surface area contributed by atoms with E-state index in [0.29, 0.717) is 31.6 Å². The molecule has 0 amide bonds. The molecule has 0 bridgehead atoms. The molecule has 1 aliphatic carbocycles. The number of nitrogens with two attached hydrogens (primary N) is 1. The second kappa shape index (κ2) is 5.67. The molecule has 1 unspecified atom stereocenters. The van der Waals surface area contributed by atoms with Crippen LogP contribution < -0.4 is 11.1 Å². The maximum atomic E-state index is 12.4. The van der Waals surface area contributed by atoms with Gasteiger partial charge in [0.15, 0.2) is 15.7 Å². The smallest absolute Gasteiger partial charge is 0.156 e. The normalized spacial score (nSPS) is 31.7. The fourth-order valence-electron chi connectivity index (χ4n) is 4.16. The highest BCUT2D eigenvalue weighted by Crippen LogP contribution is 2.49. The van der Waals surface area contributed by atoms with Crippen molar-refractivity contribution in [2.24, 2.45) is 11.7 Å². The Balaban J connectivity index is 1.43. The maximum Gasteiger partial charge on any atom is 0.156 e. The van der Waals surface area contributed by atoms with E-state index in [4.69, 9.17) is 5.73 Å². The zero-order valence-electron chi connectivity index (χ0n) is 13.5. The molecule has 2 aliphatic rings. The highest BCUT2D eigenvalue weighted by atomic mass is 32.2. The van der Waals surface area contributed by atoms with Crippen LogP contribution in [0.2, 0.25) is 0 Å². The van der Waals surface area contributed by atoms with Crippen molar-refractivity contribution in [3.8, 4) is 0 Å². The van der Waals surface area contributed by atoms with Crippen LogP contribution in [-0.2, 0) is 9.84 Å². The molecule has 6 nitrogen and oxygen atoms in total. The van der Waals surface area contributed by atoms with Crippen LogP contribution >= 0.6 is 0 Å². The van der Waals surface area contributed by atoms with Gasteiger partial charge in [0.1, 0.15) is 5.52 Å². The third-order valence-electron chi connectivity index (χ3n) is 5.45. The van der Waals surface area contributed by atoms with Crippen molar-refractivity contribution in [2.75, 3.05) is 17.6 Å². The Morgan fingerprint density at radius 2 is 2.04 bits per heavy atom. The second-order valence-electron chi connectivity index (χ2n) is 7.14. The average molecular weight is 346 g/mol. The Kier molecular flexibility index (Phi) is 3.73. The summed E-state index contributed by atoms with van der Waals surface area (Å²) in [6.45, 7) is 0.717. The largest absolute Gasteiger partial charge is 0.368 e. The number of fused-ring (bicyclic) bond motifs is 1. The topological polar surface area (TPSA) is 98.0 Å². The Hall–Kier alpha value is -1.73. The molecule has 1 atom stereocenters. The number of hydrogen-bond donors (Lipinski definition) is 2. The fraction of sp³-hybridized carbons (Fsp3) is 0.529. The standard InChI is InChI=1S/C17H22N4O2S/c18-14-4-7-24(22,23)17(10-14)8-12(9-17)11-21-16-15-13(3-6-20-16)2-1-5-19-15/h1-3,5-6,12,14H,4,7-11,18H2,(H,20,21). The van der Waals surface area contributed by atoms with E-state index in [9.17, 15) is 8.42 Å². The summed E-state index contributed by atoms with van der Waals surface area (Å²) >= 11 is 0. The van der Waals surface area contributed by atoms with Crippen LogP contribution in [0, 0.1) is 5.92 Å². The molecule has 24 heavy (non-hydrogen) atoms. The number of aromatic nitrogens is 2. The number of pyridine rings is 2. The maximum absolute atomic E-state index is 12.4. The number of sulfone groups is 1. The van der Waals surface area contributed by atoms with E-state index in [1.165, 1.54) is 0 Å². The summed E-state index contributed by atoms with van der Waals surface area (Å²) in [5.41, 5.74) is 6.86. The molecule has 1 spiro atoms. The van der Waals surface area contributed by atoms with E-state index in [1.54, 1.807) is 12.4 Å². The average Bonchev–Trinajstić information content (AvgIpc) is 2.54. The Morgan fingerprint density at radius 1 is 1.21 bits per heavy atom. The highest BCUT2D eigenvalue weighted by molar-refractivity contribution is 7.92. The minimum absolute atomic E-state index is 0.0198. The third-order valence-corrected chi connectivity index (χ3v) is 8.04. The molecule has 2 fully saturated rings. The van der Waals surface area contributed by atoms with Gasteiger partial charge >= 0.3 is 0 Å². The summed E-state index contributed by atoms with van der Waals surface area (Å²) in [5, 5.41) is 4.39. The van der Waals surface area contributed by atoms with Crippen molar-refractivity contribution >= 4 is 26.6 Å². The fourth-order valence-corrected chi connectivity index (χ4v) is 6.65. The highest BCUT2D eigenvalue weighted by Gasteiger charge is 2.55. The lowest BCUT2D eigenvalue weighted by Gasteiger charge is -2.50. The van der Waals surface area contributed by atoms with Crippen LogP contribution in [0.3, 0.4) is 0 Å². The van der Waals surface area contributed by atoms with E-state index in [0.717, 1.165) is 23.3 Å². The molecule has 1 aliphatic heterocycles. The van der Waals surface area contributed by atoms with E-state index in [-0.39, 0.29) is 11.8 Å². The predicted molar refractivity (Wildman–Crippen MR) is 94.5 cm³/mol. The van der Waals surface area contributed by atoms with Crippen molar-refractivity contribution < 1.29 is 8.42 Å². The van der Waals surface area contributed by atoms with E-state index < -0.39 is 14.6 Å². The summed E-state index contributed by atoms with van der Waals surface area (Å²) in [5.74, 6) is 1.34. The molecule has 4 rings (SSSR count). The minimum atomic E-state index is -3.01. The number of rotatable bonds is 3. The van der Waals surface area contributed by atoms with Gasteiger partial charge in [0.25, 0.3) is 0 Å². The first-order chi connectivity index (χ1) is 11.5. The Bertz CT molecular complexity index is 857. The van der Waals surface area contributed by atoms with Gasteiger partial charge in [0.05, 0.1) is 10.5 Å². The number of nitrogens with zero attached hydrogens (tertiary/aromatic N) is 2. The molecule has 2 aromatic heterocycles. The molecule has 128 valence electrons. The molecule has 0 radical (unpaired) electrons. The van der Waals surface area contributed by atoms with Gasteiger partial charge in [0.2, 0.25) is 0 Å². The molecular formula is C17H22N4O2S. The molecule has 1 saturated heterocycles. The van der Waals surface area contributed by atoms with Gasteiger partial charge in [-0.05, 0) is 43.7 Å². The first-order valence-electron chi connectivity index (χ1n) is 8.41. The Morgan fingerprint density at radius 3 is 2.88 bits per heavy atom. The molecule has 0 aromatic carbocycles. The number of nitrogens with one attached hydrogen (secondary N) is 1. The third kappa shape index (κ3) is 2.56. The van der Waals surface area contributed by atoms with Crippen LogP contribution in [-0.4, -0.2) is 41.5 Å². The lowest BCUT2D eigenvalue weighted by Crippen LogP contribution is -2.58. The lowest BCUT2D eigenvalue weighted by molar-refractivity contribution is 0.197. The van der Waals surface area contributed by atoms with Crippen molar-refractivity contribution in [3.63, 3.8) is 0 Å². The van der Waals surface area contributed by atoms with Gasteiger partial charge < -0.3 is 11.1 Å². The van der Waals surface area contributed by atoms with Gasteiger partial charge in [-0.2, -0.15) is 0 Å². The molecule has 1 saturated carbocycles. The summed E-state index contributed by atoms with van der Waals surface area (Å²) in [4.78, 5) is 8.75. The zero-order valence-corrected chi connectivity index (χ0v) is 14.3. The summed E-state index contributed by atoms with van der Waals surface area (Å²) in [6, 6.07) is 5.86. The molecule has 7 heteroatoms. The number of anilines is 1. The summed E-state index contributed by atoms with van der Waals surface area (Å²) in [6.07, 6.45) is 6.13. The van der Waals surface area contributed by atoms with Gasteiger partial charge in [0, 0.05) is 30.4 Å². The quantitative estimate of drug-likeness (QED) is 0.878. The van der Waals surface area contributed by atoms with E-state index >= 15 is 0 Å². The zero-order chi connectivity index (χ0) is 16.8. The van der Waals surface area contributed by atoms with Gasteiger partial charge in [-0.1, -0.05) is 6.07 Å². The van der Waals surface area contributed by atoms with Gasteiger partial charge in [-0.25, -0.2) is 13.4 Å². The summed E-state index contributed by atoms with van der Waals surface area (Å²) in [7, 11) is -3.01. The van der Waals surface area contributed by atoms with Crippen molar-refractivity contribution in [1.82, 2.24) is 9.97 Å². The second-order valence-corrected chi connectivity index (χ2v) is 9.65. The number of hydrogen-bond acceptors (Lipinski definition) is 6. The van der Waals surface area contributed by atoms with E-state index in [2.05, 4.69) is 15.3 Å². The van der Waals surface area contributed by atoms with Crippen LogP contribution in [0.4, 0.5) is 5.82 Å². The molecule has 3 N–H and O–H groups in total. The van der Waals surface area contributed by atoms with Gasteiger partial charge in [-0.3, -0.25) is 4.98 Å². The van der Waals surface area contributed by atoms with Crippen LogP contribution in [0.15, 0.2) is 30.6 Å². The van der Waals surface area contributed by atoms with Crippen molar-refractivity contribution in [2.45, 2.75) is 36.5 Å². The van der Waals surface area contributed by atoms with E-state index in [1.807, 2.05) is 18.2 Å². The minimum Gasteiger partial charge on any atom is -0.368 e. The lowest BCUT2D eigenvalue weighted by atomic mass is 9.70. The van der Waals surface area contributed by atoms with Crippen LogP contribution in [0.1, 0.15) is 25.7 Å². The monoisotopic (exact) mass is 346 g/mol.